The van der Waals surface area contributed by atoms with E-state index in [4.69, 9.17) is 0 Å². The zero-order valence-electron chi connectivity index (χ0n) is 12.0. The molecule has 18 heavy (non-hydrogen) atoms. The lowest BCUT2D eigenvalue weighted by molar-refractivity contribution is 0.421. The summed E-state index contributed by atoms with van der Waals surface area (Å²) in [4.78, 5) is 0. The van der Waals surface area contributed by atoms with Crippen LogP contribution in [0.5, 0.6) is 0 Å². The molecule has 0 saturated carbocycles. The van der Waals surface area contributed by atoms with Crippen molar-refractivity contribution < 1.29 is 0 Å². The van der Waals surface area contributed by atoms with Gasteiger partial charge in [-0.3, -0.25) is 4.68 Å². The number of aryl methyl sites for hydroxylation is 2. The number of nitrogens with one attached hydrogen (secondary N) is 1. The summed E-state index contributed by atoms with van der Waals surface area (Å²) in [5.41, 5.74) is 3.93. The van der Waals surface area contributed by atoms with Crippen LogP contribution in [0.15, 0.2) is 17.8 Å². The molecule has 100 valence electrons. The first kappa shape index (κ1) is 13.2. The third-order valence-corrected chi connectivity index (χ3v) is 3.71. The molecule has 0 amide bonds. The molecule has 1 aliphatic rings. The van der Waals surface area contributed by atoms with E-state index < -0.39 is 0 Å². The molecular formula is C15H25N3. The molecule has 0 aromatic carbocycles. The van der Waals surface area contributed by atoms with Crippen LogP contribution in [0.4, 0.5) is 5.69 Å². The number of hydrogen-bond acceptors (Lipinski definition) is 2. The van der Waals surface area contributed by atoms with Gasteiger partial charge in [-0.15, -0.1) is 0 Å². The van der Waals surface area contributed by atoms with E-state index in [-0.39, 0.29) is 0 Å². The zero-order chi connectivity index (χ0) is 13.1. The Bertz CT molecular complexity index is 431. The van der Waals surface area contributed by atoms with Crippen LogP contribution in [0, 0.1) is 11.8 Å². The first-order chi connectivity index (χ1) is 8.58. The molecule has 0 saturated heterocycles. The van der Waals surface area contributed by atoms with E-state index in [1.807, 2.05) is 11.7 Å². The first-order valence-corrected chi connectivity index (χ1v) is 7.02. The monoisotopic (exact) mass is 247 g/mol. The third-order valence-electron chi connectivity index (χ3n) is 3.71. The van der Waals surface area contributed by atoms with E-state index in [0.29, 0.717) is 0 Å². The fraction of sp³-hybridized carbons (Fsp3) is 0.667. The summed E-state index contributed by atoms with van der Waals surface area (Å²) in [6, 6.07) is 0. The molecule has 2 atom stereocenters. The predicted molar refractivity (Wildman–Crippen MR) is 76.7 cm³/mol. The maximum atomic E-state index is 4.47. The number of nitrogens with zero attached hydrogens (tertiary/aromatic N) is 2. The summed E-state index contributed by atoms with van der Waals surface area (Å²) < 4.78 is 1.90. The molecule has 1 aliphatic carbocycles. The average molecular weight is 247 g/mol. The Balaban J connectivity index is 1.93. The van der Waals surface area contributed by atoms with Crippen molar-refractivity contribution in [1.82, 2.24) is 9.78 Å². The van der Waals surface area contributed by atoms with Crippen LogP contribution in [-0.2, 0) is 13.5 Å². The van der Waals surface area contributed by atoms with E-state index in [2.05, 4.69) is 43.5 Å². The Morgan fingerprint density at radius 3 is 2.94 bits per heavy atom. The maximum absolute atomic E-state index is 4.47. The molecule has 0 fully saturated rings. The minimum atomic E-state index is 0.727. The van der Waals surface area contributed by atoms with Crippen molar-refractivity contribution in [2.24, 2.45) is 18.9 Å². The van der Waals surface area contributed by atoms with E-state index in [0.717, 1.165) is 24.8 Å². The normalized spacial score (nSPS) is 23.9. The van der Waals surface area contributed by atoms with Crippen LogP contribution in [0.2, 0.25) is 0 Å². The van der Waals surface area contributed by atoms with Crippen molar-refractivity contribution >= 4 is 5.69 Å². The summed E-state index contributed by atoms with van der Waals surface area (Å²) >= 11 is 0. The van der Waals surface area contributed by atoms with Crippen molar-refractivity contribution in [2.75, 3.05) is 11.9 Å². The lowest BCUT2D eigenvalue weighted by Gasteiger charge is -2.25. The van der Waals surface area contributed by atoms with Gasteiger partial charge in [0, 0.05) is 19.8 Å². The van der Waals surface area contributed by atoms with Crippen LogP contribution < -0.4 is 5.32 Å². The number of rotatable bonds is 4. The summed E-state index contributed by atoms with van der Waals surface area (Å²) in [5.74, 6) is 1.49. The molecule has 3 heteroatoms. The number of aromatic nitrogens is 2. The van der Waals surface area contributed by atoms with Crippen molar-refractivity contribution in [3.05, 3.63) is 23.5 Å². The van der Waals surface area contributed by atoms with Gasteiger partial charge >= 0.3 is 0 Å². The SMILES string of the molecule is CCc1nn(C)cc1NCC1CC(C)=CC(C)C1. The summed E-state index contributed by atoms with van der Waals surface area (Å²) in [7, 11) is 1.99. The highest BCUT2D eigenvalue weighted by molar-refractivity contribution is 5.46. The second-order valence-corrected chi connectivity index (χ2v) is 5.69. The molecule has 3 nitrogen and oxygen atoms in total. The quantitative estimate of drug-likeness (QED) is 0.827. The summed E-state index contributed by atoms with van der Waals surface area (Å²) in [6.07, 6.45) is 8.03. The predicted octanol–water partition coefficient (Wildman–Crippen LogP) is 3.39. The molecule has 0 spiro atoms. The zero-order valence-corrected chi connectivity index (χ0v) is 12.0. The van der Waals surface area contributed by atoms with Gasteiger partial charge in [0.15, 0.2) is 0 Å². The van der Waals surface area contributed by atoms with Gasteiger partial charge in [-0.2, -0.15) is 5.10 Å². The number of allylic oxidation sites excluding steroid dienone is 2. The molecule has 2 unspecified atom stereocenters. The number of anilines is 1. The molecule has 1 aromatic heterocycles. The minimum absolute atomic E-state index is 0.727. The summed E-state index contributed by atoms with van der Waals surface area (Å²) in [6.45, 7) is 7.79. The largest absolute Gasteiger partial charge is 0.382 e. The van der Waals surface area contributed by atoms with Crippen molar-refractivity contribution in [2.45, 2.75) is 40.0 Å². The lowest BCUT2D eigenvalue weighted by Crippen LogP contribution is -2.20. The van der Waals surface area contributed by atoms with Gasteiger partial charge in [-0.1, -0.05) is 25.5 Å². The maximum Gasteiger partial charge on any atom is 0.0853 e. The van der Waals surface area contributed by atoms with Gasteiger partial charge in [0.2, 0.25) is 0 Å². The van der Waals surface area contributed by atoms with Crippen LogP contribution >= 0.6 is 0 Å². The highest BCUT2D eigenvalue weighted by atomic mass is 15.3. The first-order valence-electron chi connectivity index (χ1n) is 7.02. The van der Waals surface area contributed by atoms with Crippen LogP contribution in [0.25, 0.3) is 0 Å². The van der Waals surface area contributed by atoms with Gasteiger partial charge in [0.05, 0.1) is 11.4 Å². The van der Waals surface area contributed by atoms with Crippen molar-refractivity contribution in [1.29, 1.82) is 0 Å². The molecule has 2 rings (SSSR count). The van der Waals surface area contributed by atoms with E-state index in [9.17, 15) is 0 Å². The van der Waals surface area contributed by atoms with E-state index >= 15 is 0 Å². The average Bonchev–Trinajstić information content (AvgIpc) is 2.66. The Hall–Kier alpha value is -1.25. The standard InChI is InChI=1S/C15H25N3/c1-5-14-15(10-18(4)17-14)16-9-13-7-11(2)6-12(3)8-13/h6,10-11,13,16H,5,7-9H2,1-4H3. The van der Waals surface area contributed by atoms with Gasteiger partial charge < -0.3 is 5.32 Å². The Morgan fingerprint density at radius 2 is 2.28 bits per heavy atom. The second kappa shape index (κ2) is 5.59. The van der Waals surface area contributed by atoms with E-state index in [1.165, 1.54) is 24.2 Å². The van der Waals surface area contributed by atoms with Crippen LogP contribution in [0.1, 0.15) is 39.3 Å². The molecule has 1 N–H and O–H groups in total. The Labute approximate surface area is 110 Å². The molecule has 0 aliphatic heterocycles. The van der Waals surface area contributed by atoms with Gasteiger partial charge in [0.1, 0.15) is 0 Å². The Morgan fingerprint density at radius 1 is 1.50 bits per heavy atom. The molecular weight excluding hydrogens is 222 g/mol. The minimum Gasteiger partial charge on any atom is -0.382 e. The molecule has 0 radical (unpaired) electrons. The highest BCUT2D eigenvalue weighted by Crippen LogP contribution is 2.28. The highest BCUT2D eigenvalue weighted by Gasteiger charge is 2.18. The third kappa shape index (κ3) is 3.15. The molecule has 1 heterocycles. The van der Waals surface area contributed by atoms with Crippen LogP contribution in [-0.4, -0.2) is 16.3 Å². The fourth-order valence-electron chi connectivity index (χ4n) is 3.04. The van der Waals surface area contributed by atoms with Crippen molar-refractivity contribution in [3.8, 4) is 0 Å². The van der Waals surface area contributed by atoms with Gasteiger partial charge in [0.25, 0.3) is 0 Å². The Kier molecular flexibility index (Phi) is 4.10. The lowest BCUT2D eigenvalue weighted by atomic mass is 9.84. The smallest absolute Gasteiger partial charge is 0.0853 e. The molecule has 0 bridgehead atoms. The van der Waals surface area contributed by atoms with Gasteiger partial charge in [-0.25, -0.2) is 0 Å². The number of hydrogen-bond donors (Lipinski definition) is 1. The topological polar surface area (TPSA) is 29.9 Å². The van der Waals surface area contributed by atoms with E-state index in [1.54, 1.807) is 5.57 Å². The second-order valence-electron chi connectivity index (χ2n) is 5.69. The van der Waals surface area contributed by atoms with Gasteiger partial charge in [-0.05, 0) is 38.0 Å². The molecule has 1 aromatic rings. The van der Waals surface area contributed by atoms with Crippen LogP contribution in [0.3, 0.4) is 0 Å². The fourth-order valence-corrected chi connectivity index (χ4v) is 3.04. The van der Waals surface area contributed by atoms with Crippen molar-refractivity contribution in [3.63, 3.8) is 0 Å². The summed E-state index contributed by atoms with van der Waals surface area (Å²) in [5, 5.41) is 8.05.